The molecule has 0 saturated heterocycles. The van der Waals surface area contributed by atoms with Gasteiger partial charge in [-0.15, -0.1) is 0 Å². The lowest BCUT2D eigenvalue weighted by atomic mass is 10.1. The van der Waals surface area contributed by atoms with Gasteiger partial charge in [0.25, 0.3) is 0 Å². The molecule has 2 N–H and O–H groups in total. The van der Waals surface area contributed by atoms with E-state index in [0.29, 0.717) is 17.6 Å². The van der Waals surface area contributed by atoms with E-state index in [9.17, 15) is 0 Å². The second-order valence-corrected chi connectivity index (χ2v) is 4.96. The molecule has 0 radical (unpaired) electrons. The molecule has 0 aliphatic heterocycles. The number of nitrogens with two attached hydrogens (primary N) is 1. The first-order valence-corrected chi connectivity index (χ1v) is 6.50. The summed E-state index contributed by atoms with van der Waals surface area (Å²) in [5.74, 6) is 2.40. The highest BCUT2D eigenvalue weighted by atomic mass is 16.5. The second kappa shape index (κ2) is 5.01. The summed E-state index contributed by atoms with van der Waals surface area (Å²) in [6.45, 7) is 0. The number of aromatic nitrogens is 2. The fourth-order valence-corrected chi connectivity index (χ4v) is 2.52. The van der Waals surface area contributed by atoms with Crippen LogP contribution in [-0.4, -0.2) is 23.3 Å². The van der Waals surface area contributed by atoms with Gasteiger partial charge in [-0.25, -0.2) is 0 Å². The molecule has 2 aromatic rings. The maximum absolute atomic E-state index is 5.91. The van der Waals surface area contributed by atoms with E-state index in [-0.39, 0.29) is 6.04 Å². The van der Waals surface area contributed by atoms with Crippen molar-refractivity contribution in [2.24, 2.45) is 5.73 Å². The van der Waals surface area contributed by atoms with Gasteiger partial charge in [0.1, 0.15) is 5.75 Å². The molecule has 5 heteroatoms. The molecular weight excluding hydrogens is 242 g/mol. The minimum Gasteiger partial charge on any atom is -0.497 e. The third kappa shape index (κ3) is 2.46. The van der Waals surface area contributed by atoms with Crippen LogP contribution in [0.4, 0.5) is 0 Å². The van der Waals surface area contributed by atoms with Crippen LogP contribution in [-0.2, 0) is 0 Å². The molecule has 5 nitrogen and oxygen atoms in total. The van der Waals surface area contributed by atoms with E-state index in [2.05, 4.69) is 10.1 Å². The molecule has 1 heterocycles. The van der Waals surface area contributed by atoms with Crippen molar-refractivity contribution < 1.29 is 9.26 Å². The van der Waals surface area contributed by atoms with Crippen LogP contribution in [0.25, 0.3) is 11.4 Å². The minimum atomic E-state index is 0.261. The summed E-state index contributed by atoms with van der Waals surface area (Å²) in [5.41, 5.74) is 6.81. The van der Waals surface area contributed by atoms with Crippen LogP contribution in [0.2, 0.25) is 0 Å². The molecule has 1 fully saturated rings. The first-order valence-electron chi connectivity index (χ1n) is 6.50. The monoisotopic (exact) mass is 259 g/mol. The summed E-state index contributed by atoms with van der Waals surface area (Å²) in [6, 6.07) is 7.90. The Balaban J connectivity index is 1.84. The molecule has 1 saturated carbocycles. The summed E-state index contributed by atoms with van der Waals surface area (Å²) in [5, 5.41) is 4.05. The van der Waals surface area contributed by atoms with E-state index in [4.69, 9.17) is 15.0 Å². The van der Waals surface area contributed by atoms with Crippen molar-refractivity contribution in [3.05, 3.63) is 30.2 Å². The van der Waals surface area contributed by atoms with Crippen molar-refractivity contribution in [3.63, 3.8) is 0 Å². The highest BCUT2D eigenvalue weighted by Gasteiger charge is 2.27. The number of hydrogen-bond acceptors (Lipinski definition) is 5. The maximum Gasteiger partial charge on any atom is 0.230 e. The molecule has 2 atom stereocenters. The standard InChI is InChI=1S/C14H17N3O2/c1-18-12-4-2-3-9(8-12)13-16-14(19-17-13)10-5-6-11(15)7-10/h2-4,8,10-11H,5-7,15H2,1H3/t10-,11+/m1/s1. The zero-order valence-corrected chi connectivity index (χ0v) is 10.9. The van der Waals surface area contributed by atoms with E-state index < -0.39 is 0 Å². The van der Waals surface area contributed by atoms with Crippen molar-refractivity contribution in [2.75, 3.05) is 7.11 Å². The summed E-state index contributed by atoms with van der Waals surface area (Å²) < 4.78 is 10.6. The Kier molecular flexibility index (Phi) is 3.21. The summed E-state index contributed by atoms with van der Waals surface area (Å²) >= 11 is 0. The van der Waals surface area contributed by atoms with E-state index in [1.54, 1.807) is 7.11 Å². The quantitative estimate of drug-likeness (QED) is 0.915. The zero-order chi connectivity index (χ0) is 13.2. The highest BCUT2D eigenvalue weighted by Crippen LogP contribution is 2.33. The van der Waals surface area contributed by atoms with Gasteiger partial charge in [0.2, 0.25) is 11.7 Å². The predicted molar refractivity (Wildman–Crippen MR) is 70.9 cm³/mol. The fraction of sp³-hybridized carbons (Fsp3) is 0.429. The van der Waals surface area contributed by atoms with Gasteiger partial charge in [0.05, 0.1) is 7.11 Å². The molecule has 3 rings (SSSR count). The smallest absolute Gasteiger partial charge is 0.230 e. The van der Waals surface area contributed by atoms with Gasteiger partial charge in [-0.1, -0.05) is 17.3 Å². The number of hydrogen-bond donors (Lipinski definition) is 1. The van der Waals surface area contributed by atoms with Gasteiger partial charge in [0.15, 0.2) is 0 Å². The first kappa shape index (κ1) is 12.2. The average Bonchev–Trinajstić information content (AvgIpc) is 3.07. The highest BCUT2D eigenvalue weighted by molar-refractivity contribution is 5.56. The van der Waals surface area contributed by atoms with Gasteiger partial charge >= 0.3 is 0 Å². The normalized spacial score (nSPS) is 22.6. The maximum atomic E-state index is 5.91. The van der Waals surface area contributed by atoms with Gasteiger partial charge in [-0.3, -0.25) is 0 Å². The zero-order valence-electron chi connectivity index (χ0n) is 10.9. The van der Waals surface area contributed by atoms with Gasteiger partial charge in [-0.05, 0) is 31.4 Å². The Morgan fingerprint density at radius 1 is 1.37 bits per heavy atom. The summed E-state index contributed by atoms with van der Waals surface area (Å²) in [4.78, 5) is 4.48. The van der Waals surface area contributed by atoms with Crippen LogP contribution in [0.3, 0.4) is 0 Å². The minimum absolute atomic E-state index is 0.261. The largest absolute Gasteiger partial charge is 0.497 e. The van der Waals surface area contributed by atoms with Gasteiger partial charge < -0.3 is 15.0 Å². The van der Waals surface area contributed by atoms with E-state index in [1.165, 1.54) is 0 Å². The van der Waals surface area contributed by atoms with Gasteiger partial charge in [-0.2, -0.15) is 4.98 Å². The first-order chi connectivity index (χ1) is 9.26. The molecule has 0 bridgehead atoms. The lowest BCUT2D eigenvalue weighted by molar-refractivity contribution is 0.353. The number of nitrogens with zero attached hydrogens (tertiary/aromatic N) is 2. The van der Waals surface area contributed by atoms with Crippen molar-refractivity contribution in [3.8, 4) is 17.1 Å². The molecule has 0 amide bonds. The van der Waals surface area contributed by atoms with Crippen molar-refractivity contribution in [1.82, 2.24) is 10.1 Å². The average molecular weight is 259 g/mol. The number of rotatable bonds is 3. The molecule has 1 aromatic carbocycles. The van der Waals surface area contributed by atoms with Crippen LogP contribution in [0.5, 0.6) is 5.75 Å². The van der Waals surface area contributed by atoms with Gasteiger partial charge in [0, 0.05) is 17.5 Å². The van der Waals surface area contributed by atoms with E-state index in [1.807, 2.05) is 24.3 Å². The van der Waals surface area contributed by atoms with E-state index >= 15 is 0 Å². The predicted octanol–water partition coefficient (Wildman–Crippen LogP) is 2.34. The van der Waals surface area contributed by atoms with Crippen LogP contribution < -0.4 is 10.5 Å². The van der Waals surface area contributed by atoms with Crippen LogP contribution in [0.15, 0.2) is 28.8 Å². The Morgan fingerprint density at radius 3 is 3.00 bits per heavy atom. The molecule has 1 aromatic heterocycles. The van der Waals surface area contributed by atoms with Crippen molar-refractivity contribution in [1.29, 1.82) is 0 Å². The topological polar surface area (TPSA) is 74.2 Å². The van der Waals surface area contributed by atoms with Crippen LogP contribution in [0, 0.1) is 0 Å². The number of methoxy groups -OCH3 is 1. The van der Waals surface area contributed by atoms with Crippen LogP contribution >= 0.6 is 0 Å². The number of benzene rings is 1. The van der Waals surface area contributed by atoms with Crippen LogP contribution in [0.1, 0.15) is 31.1 Å². The molecule has 19 heavy (non-hydrogen) atoms. The Morgan fingerprint density at radius 2 is 2.26 bits per heavy atom. The number of ether oxygens (including phenoxy) is 1. The third-order valence-corrected chi connectivity index (χ3v) is 3.59. The van der Waals surface area contributed by atoms with E-state index in [0.717, 1.165) is 30.6 Å². The molecule has 1 aliphatic rings. The second-order valence-electron chi connectivity index (χ2n) is 4.96. The Hall–Kier alpha value is -1.88. The third-order valence-electron chi connectivity index (χ3n) is 3.59. The molecular formula is C14H17N3O2. The summed E-state index contributed by atoms with van der Waals surface area (Å²) in [7, 11) is 1.64. The fourth-order valence-electron chi connectivity index (χ4n) is 2.52. The lowest BCUT2D eigenvalue weighted by Gasteiger charge is -2.02. The lowest BCUT2D eigenvalue weighted by Crippen LogP contribution is -2.14. The molecule has 0 unspecified atom stereocenters. The molecule has 100 valence electrons. The SMILES string of the molecule is COc1cccc(-c2noc([C@@H]3CC[C@H](N)C3)n2)c1. The van der Waals surface area contributed by atoms with Crippen molar-refractivity contribution in [2.45, 2.75) is 31.2 Å². The molecule has 0 spiro atoms. The summed E-state index contributed by atoms with van der Waals surface area (Å²) in [6.07, 6.45) is 2.99. The Labute approximate surface area is 111 Å². The Bertz CT molecular complexity index is 567. The van der Waals surface area contributed by atoms with Crippen molar-refractivity contribution >= 4 is 0 Å². The molecule has 1 aliphatic carbocycles.